The molecule has 0 spiro atoms. The second-order valence-corrected chi connectivity index (χ2v) is 9.46. The number of ether oxygens (including phenoxy) is 1. The molecular formula is C30H26F3N7O4. The number of hydrogen-bond donors (Lipinski definition) is 5. The number of nitrogens with zero attached hydrogens (tertiary/aromatic N) is 2. The van der Waals surface area contributed by atoms with Crippen molar-refractivity contribution in [3.8, 4) is 11.6 Å². The maximum absolute atomic E-state index is 15.0. The molecule has 0 saturated heterocycles. The fourth-order valence-electron chi connectivity index (χ4n) is 4.12. The standard InChI is InChI=1S/C30H26F3N7O4/c1-15-7-27(44-29-19(31)5-4-6-20(29)32)36-13-24(15)39-30(35)18(12-34)28(43)23-10-17-9-21(33)25(11-22(17)38-23)40(3)16(2)8-26(42)37-14-41/h4-14,34,38-39H,35H2,1-3H3,(H,37,41,42)/b16-8-,30-18+,34-12?. The van der Waals surface area contributed by atoms with Crippen LogP contribution in [0.1, 0.15) is 23.0 Å². The minimum absolute atomic E-state index is 0.0191. The second kappa shape index (κ2) is 12.9. The predicted octanol–water partition coefficient (Wildman–Crippen LogP) is 4.81. The number of rotatable bonds is 11. The van der Waals surface area contributed by atoms with E-state index in [0.717, 1.165) is 24.4 Å². The van der Waals surface area contributed by atoms with E-state index in [4.69, 9.17) is 15.9 Å². The number of nitrogens with two attached hydrogens (primary N) is 1. The lowest BCUT2D eigenvalue weighted by Crippen LogP contribution is -2.22. The molecule has 0 aliphatic heterocycles. The van der Waals surface area contributed by atoms with E-state index in [1.54, 1.807) is 13.8 Å². The molecule has 2 aromatic heterocycles. The molecule has 2 aromatic carbocycles. The lowest BCUT2D eigenvalue weighted by molar-refractivity contribution is -0.121. The van der Waals surface area contributed by atoms with Gasteiger partial charge in [-0.05, 0) is 49.7 Å². The number of anilines is 2. The third-order valence-corrected chi connectivity index (χ3v) is 6.52. The number of H-pyrrole nitrogens is 1. The Morgan fingerprint density at radius 2 is 1.82 bits per heavy atom. The van der Waals surface area contributed by atoms with E-state index in [-0.39, 0.29) is 35.1 Å². The first-order valence-corrected chi connectivity index (χ1v) is 12.8. The zero-order chi connectivity index (χ0) is 32.1. The fraction of sp³-hybridized carbons (Fsp3) is 0.100. The Bertz CT molecular complexity index is 1850. The van der Waals surface area contributed by atoms with Crippen molar-refractivity contribution in [2.45, 2.75) is 13.8 Å². The average Bonchev–Trinajstić information content (AvgIpc) is 3.39. The summed E-state index contributed by atoms with van der Waals surface area (Å²) >= 11 is 0. The molecule has 2 amide bonds. The van der Waals surface area contributed by atoms with Gasteiger partial charge in [0.2, 0.25) is 23.8 Å². The lowest BCUT2D eigenvalue weighted by atomic mass is 10.1. The first-order chi connectivity index (χ1) is 20.9. The number of fused-ring (bicyclic) bond motifs is 1. The molecule has 11 nitrogen and oxygen atoms in total. The lowest BCUT2D eigenvalue weighted by Gasteiger charge is -2.20. The number of pyridine rings is 1. The Kier molecular flexibility index (Phi) is 9.12. The molecule has 0 unspecified atom stereocenters. The Morgan fingerprint density at radius 1 is 1.11 bits per heavy atom. The molecule has 4 aromatic rings. The van der Waals surface area contributed by atoms with E-state index in [1.807, 2.05) is 5.32 Å². The number of para-hydroxylation sites is 1. The average molecular weight is 606 g/mol. The normalized spacial score (nSPS) is 11.9. The van der Waals surface area contributed by atoms with Crippen molar-refractivity contribution in [2.75, 3.05) is 17.3 Å². The van der Waals surface area contributed by atoms with E-state index in [0.29, 0.717) is 27.9 Å². The van der Waals surface area contributed by atoms with Crippen molar-refractivity contribution in [3.05, 3.63) is 101 Å². The third-order valence-electron chi connectivity index (χ3n) is 6.52. The Labute approximate surface area is 248 Å². The molecule has 44 heavy (non-hydrogen) atoms. The van der Waals surface area contributed by atoms with Gasteiger partial charge in [0, 0.05) is 42.0 Å². The summed E-state index contributed by atoms with van der Waals surface area (Å²) in [6, 6.07) is 8.74. The van der Waals surface area contributed by atoms with E-state index in [9.17, 15) is 27.6 Å². The maximum atomic E-state index is 15.0. The van der Waals surface area contributed by atoms with Gasteiger partial charge in [0.25, 0.3) is 5.91 Å². The van der Waals surface area contributed by atoms with Gasteiger partial charge in [0.1, 0.15) is 11.6 Å². The van der Waals surface area contributed by atoms with Gasteiger partial charge in [-0.1, -0.05) is 6.07 Å². The number of carbonyl (C=O) groups excluding carboxylic acids is 3. The van der Waals surface area contributed by atoms with Crippen molar-refractivity contribution in [1.29, 1.82) is 5.41 Å². The van der Waals surface area contributed by atoms with Crippen LogP contribution >= 0.6 is 0 Å². The highest BCUT2D eigenvalue weighted by molar-refractivity contribution is 6.21. The van der Waals surface area contributed by atoms with Gasteiger partial charge in [-0.15, -0.1) is 0 Å². The van der Waals surface area contributed by atoms with Crippen LogP contribution in [0.25, 0.3) is 10.9 Å². The highest BCUT2D eigenvalue weighted by Crippen LogP contribution is 2.30. The minimum atomic E-state index is -0.900. The molecule has 0 bridgehead atoms. The molecule has 0 radical (unpaired) electrons. The smallest absolute Gasteiger partial charge is 0.252 e. The number of aromatic nitrogens is 2. The first kappa shape index (κ1) is 31.0. The van der Waals surface area contributed by atoms with Crippen molar-refractivity contribution < 1.29 is 32.3 Å². The monoisotopic (exact) mass is 605 g/mol. The summed E-state index contributed by atoms with van der Waals surface area (Å²) in [6.07, 6.45) is 3.40. The summed E-state index contributed by atoms with van der Waals surface area (Å²) in [6.45, 7) is 3.19. The van der Waals surface area contributed by atoms with Crippen molar-refractivity contribution in [2.24, 2.45) is 5.73 Å². The number of aryl methyl sites for hydroxylation is 1. The van der Waals surface area contributed by atoms with Crippen LogP contribution in [-0.2, 0) is 9.59 Å². The molecule has 14 heteroatoms. The molecule has 0 fully saturated rings. The SMILES string of the molecule is C/C(=C/C(=O)NC=O)N(C)c1cc2[nH]c(C(=O)/C(C=N)=C(\N)Nc3cnc(Oc4c(F)cccc4F)cc3C)cc2cc1F. The predicted molar refractivity (Wildman–Crippen MR) is 158 cm³/mol. The number of carbonyl (C=O) groups is 3. The fourth-order valence-corrected chi connectivity index (χ4v) is 4.12. The van der Waals surface area contributed by atoms with Gasteiger partial charge in [0.05, 0.1) is 28.8 Å². The molecule has 6 N–H and O–H groups in total. The minimum Gasteiger partial charge on any atom is -0.433 e. The molecule has 2 heterocycles. The zero-order valence-electron chi connectivity index (χ0n) is 23.6. The summed E-state index contributed by atoms with van der Waals surface area (Å²) in [5.41, 5.74) is 7.58. The van der Waals surface area contributed by atoms with Gasteiger partial charge < -0.3 is 31.1 Å². The summed E-state index contributed by atoms with van der Waals surface area (Å²) in [4.78, 5) is 43.8. The highest BCUT2D eigenvalue weighted by atomic mass is 19.1. The van der Waals surface area contributed by atoms with Gasteiger partial charge in [-0.25, -0.2) is 18.2 Å². The molecule has 0 aliphatic carbocycles. The number of hydrogen-bond acceptors (Lipinski definition) is 9. The number of Topliss-reactive ketones (excluding diaryl/α,β-unsaturated/α-hetero) is 1. The van der Waals surface area contributed by atoms with Gasteiger partial charge in [0.15, 0.2) is 11.6 Å². The second-order valence-electron chi connectivity index (χ2n) is 9.46. The van der Waals surface area contributed by atoms with E-state index < -0.39 is 34.9 Å². The molecule has 0 atom stereocenters. The van der Waals surface area contributed by atoms with E-state index in [1.165, 1.54) is 48.5 Å². The number of aromatic amines is 1. The van der Waals surface area contributed by atoms with Crippen LogP contribution in [-0.4, -0.2) is 41.3 Å². The Morgan fingerprint density at radius 3 is 2.45 bits per heavy atom. The zero-order valence-corrected chi connectivity index (χ0v) is 23.6. The Hall–Kier alpha value is -5.92. The largest absolute Gasteiger partial charge is 0.433 e. The Balaban J connectivity index is 1.58. The van der Waals surface area contributed by atoms with Gasteiger partial charge in [-0.2, -0.15) is 0 Å². The number of benzene rings is 2. The van der Waals surface area contributed by atoms with Crippen molar-refractivity contribution >= 4 is 46.6 Å². The summed E-state index contributed by atoms with van der Waals surface area (Å²) < 4.78 is 48.1. The van der Waals surface area contributed by atoms with Crippen LogP contribution < -0.4 is 26.0 Å². The number of halogens is 3. The van der Waals surface area contributed by atoms with Crippen LogP contribution in [0.4, 0.5) is 24.5 Å². The number of allylic oxidation sites excluding steroid dienone is 2. The third kappa shape index (κ3) is 6.59. The summed E-state index contributed by atoms with van der Waals surface area (Å²) in [5, 5.41) is 12.9. The summed E-state index contributed by atoms with van der Waals surface area (Å²) in [5.74, 6) is -4.68. The maximum Gasteiger partial charge on any atom is 0.252 e. The topological polar surface area (TPSA) is 166 Å². The van der Waals surface area contributed by atoms with Gasteiger partial charge >= 0.3 is 0 Å². The number of amides is 2. The molecule has 4 rings (SSSR count). The van der Waals surface area contributed by atoms with Crippen LogP contribution in [0, 0.1) is 29.8 Å². The molecule has 226 valence electrons. The van der Waals surface area contributed by atoms with E-state index >= 15 is 0 Å². The quantitative estimate of drug-likeness (QED) is 0.0703. The molecular weight excluding hydrogens is 579 g/mol. The van der Waals surface area contributed by atoms with Crippen LogP contribution in [0.2, 0.25) is 0 Å². The number of ketones is 1. The van der Waals surface area contributed by atoms with Gasteiger partial charge in [-0.3, -0.25) is 19.7 Å². The first-order valence-electron chi connectivity index (χ1n) is 12.8. The number of imide groups is 1. The summed E-state index contributed by atoms with van der Waals surface area (Å²) in [7, 11) is 1.52. The molecule has 0 aliphatic rings. The highest BCUT2D eigenvalue weighted by Gasteiger charge is 2.20. The van der Waals surface area contributed by atoms with Crippen LogP contribution in [0.5, 0.6) is 11.6 Å². The van der Waals surface area contributed by atoms with E-state index in [2.05, 4.69) is 15.3 Å². The van der Waals surface area contributed by atoms with Crippen LogP contribution in [0.15, 0.2) is 71.8 Å². The van der Waals surface area contributed by atoms with Crippen LogP contribution in [0.3, 0.4) is 0 Å². The number of nitrogens with one attached hydrogen (secondary N) is 4. The molecule has 0 saturated carbocycles. The van der Waals surface area contributed by atoms with Crippen molar-refractivity contribution in [1.82, 2.24) is 15.3 Å². The van der Waals surface area contributed by atoms with Crippen molar-refractivity contribution in [3.63, 3.8) is 0 Å².